The van der Waals surface area contributed by atoms with Crippen molar-refractivity contribution in [3.05, 3.63) is 60.7 Å². The van der Waals surface area contributed by atoms with Gasteiger partial charge in [-0.05, 0) is 31.5 Å². The van der Waals surface area contributed by atoms with Gasteiger partial charge in [0, 0.05) is 18.1 Å². The third kappa shape index (κ3) is 3.45. The van der Waals surface area contributed by atoms with Crippen LogP contribution in [0.2, 0.25) is 0 Å². The lowest BCUT2D eigenvalue weighted by molar-refractivity contribution is -0.122. The van der Waals surface area contributed by atoms with Gasteiger partial charge in [0.1, 0.15) is 12.2 Å². The highest BCUT2D eigenvalue weighted by Crippen LogP contribution is 2.15. The Morgan fingerprint density at radius 2 is 2.09 bits per heavy atom. The quantitative estimate of drug-likeness (QED) is 0.749. The predicted octanol–water partition coefficient (Wildman–Crippen LogP) is 1.58. The molecular weight excluding hydrogens is 292 g/mol. The molecule has 7 nitrogen and oxygen atoms in total. The van der Waals surface area contributed by atoms with E-state index in [0.29, 0.717) is 12.2 Å². The second-order valence-corrected chi connectivity index (χ2v) is 5.82. The molecule has 0 saturated carbocycles. The van der Waals surface area contributed by atoms with Crippen LogP contribution < -0.4 is 5.32 Å². The normalized spacial score (nSPS) is 11.4. The Morgan fingerprint density at radius 1 is 1.30 bits per heavy atom. The number of imidazole rings is 1. The Hall–Kier alpha value is -2.96. The molecular formula is C16H18N6O. The van der Waals surface area contributed by atoms with Crippen LogP contribution in [-0.2, 0) is 16.8 Å². The molecule has 0 radical (unpaired) electrons. The summed E-state index contributed by atoms with van der Waals surface area (Å²) in [5.74, 6) is 0.558. The van der Waals surface area contributed by atoms with Crippen LogP contribution in [0.1, 0.15) is 25.2 Å². The number of carbonyl (C=O) groups is 1. The van der Waals surface area contributed by atoms with Crippen molar-refractivity contribution in [1.29, 1.82) is 0 Å². The fraction of sp³-hybridized carbons (Fsp3) is 0.250. The van der Waals surface area contributed by atoms with Crippen molar-refractivity contribution in [3.63, 3.8) is 0 Å². The first-order chi connectivity index (χ1) is 11.0. The third-order valence-electron chi connectivity index (χ3n) is 3.56. The fourth-order valence-corrected chi connectivity index (χ4v) is 2.34. The van der Waals surface area contributed by atoms with Gasteiger partial charge in [0.05, 0.1) is 18.3 Å². The average molecular weight is 310 g/mol. The first-order valence-electron chi connectivity index (χ1n) is 7.29. The largest absolute Gasteiger partial charge is 0.344 e. The Balaban J connectivity index is 1.64. The van der Waals surface area contributed by atoms with E-state index >= 15 is 0 Å². The molecule has 0 saturated heterocycles. The summed E-state index contributed by atoms with van der Waals surface area (Å²) in [6.45, 7) is 3.76. The van der Waals surface area contributed by atoms with E-state index in [4.69, 9.17) is 0 Å². The van der Waals surface area contributed by atoms with Crippen LogP contribution in [0.15, 0.2) is 49.3 Å². The average Bonchev–Trinajstić information content (AvgIpc) is 3.21. The lowest BCUT2D eigenvalue weighted by Crippen LogP contribution is -2.42. The molecule has 2 aromatic heterocycles. The number of H-pyrrole nitrogens is 1. The van der Waals surface area contributed by atoms with E-state index < -0.39 is 5.54 Å². The molecule has 0 aliphatic heterocycles. The van der Waals surface area contributed by atoms with Crippen molar-refractivity contribution < 1.29 is 4.79 Å². The van der Waals surface area contributed by atoms with Crippen LogP contribution in [0.4, 0.5) is 0 Å². The number of aromatic nitrogens is 5. The SMILES string of the molecule is CC(C)(NC(=O)Cc1ccc(-n2ccnc2)cc1)c1ncn[nH]1. The zero-order chi connectivity index (χ0) is 16.3. The van der Waals surface area contributed by atoms with Gasteiger partial charge in [-0.15, -0.1) is 0 Å². The summed E-state index contributed by atoms with van der Waals surface area (Å²) in [7, 11) is 0. The van der Waals surface area contributed by atoms with E-state index in [9.17, 15) is 4.79 Å². The molecule has 0 spiro atoms. The number of rotatable bonds is 5. The first-order valence-corrected chi connectivity index (χ1v) is 7.29. The van der Waals surface area contributed by atoms with Gasteiger partial charge in [-0.2, -0.15) is 5.10 Å². The Morgan fingerprint density at radius 3 is 2.70 bits per heavy atom. The number of benzene rings is 1. The summed E-state index contributed by atoms with van der Waals surface area (Å²) in [6.07, 6.45) is 7.08. The number of nitrogens with one attached hydrogen (secondary N) is 2. The molecule has 2 heterocycles. The molecule has 0 aliphatic carbocycles. The van der Waals surface area contributed by atoms with Crippen LogP contribution in [0.5, 0.6) is 0 Å². The molecule has 118 valence electrons. The lowest BCUT2D eigenvalue weighted by Gasteiger charge is -2.23. The number of nitrogens with zero attached hydrogens (tertiary/aromatic N) is 4. The highest BCUT2D eigenvalue weighted by Gasteiger charge is 2.25. The van der Waals surface area contributed by atoms with Crippen molar-refractivity contribution in [2.45, 2.75) is 25.8 Å². The predicted molar refractivity (Wildman–Crippen MR) is 84.8 cm³/mol. The maximum Gasteiger partial charge on any atom is 0.225 e. The van der Waals surface area contributed by atoms with Crippen molar-refractivity contribution in [2.24, 2.45) is 0 Å². The topological polar surface area (TPSA) is 88.5 Å². The monoisotopic (exact) mass is 310 g/mol. The molecule has 0 aliphatic rings. The van der Waals surface area contributed by atoms with Crippen molar-refractivity contribution in [1.82, 2.24) is 30.0 Å². The highest BCUT2D eigenvalue weighted by molar-refractivity contribution is 5.79. The van der Waals surface area contributed by atoms with E-state index in [-0.39, 0.29) is 5.91 Å². The number of hydrogen-bond donors (Lipinski definition) is 2. The summed E-state index contributed by atoms with van der Waals surface area (Å²) in [5, 5.41) is 9.57. The zero-order valence-electron chi connectivity index (χ0n) is 13.0. The molecule has 7 heteroatoms. The van der Waals surface area contributed by atoms with Gasteiger partial charge in [0.2, 0.25) is 5.91 Å². The number of carbonyl (C=O) groups excluding carboxylic acids is 1. The van der Waals surface area contributed by atoms with Gasteiger partial charge in [0.15, 0.2) is 0 Å². The molecule has 0 bridgehead atoms. The molecule has 23 heavy (non-hydrogen) atoms. The van der Waals surface area contributed by atoms with Gasteiger partial charge >= 0.3 is 0 Å². The minimum Gasteiger partial charge on any atom is -0.344 e. The highest BCUT2D eigenvalue weighted by atomic mass is 16.1. The summed E-state index contributed by atoms with van der Waals surface area (Å²) < 4.78 is 1.91. The smallest absolute Gasteiger partial charge is 0.225 e. The van der Waals surface area contributed by atoms with Crippen LogP contribution in [0.25, 0.3) is 5.69 Å². The van der Waals surface area contributed by atoms with Crippen molar-refractivity contribution >= 4 is 5.91 Å². The standard InChI is InChI=1S/C16H18N6O/c1-16(2,15-18-10-19-21-15)20-14(23)9-12-3-5-13(6-4-12)22-8-7-17-11-22/h3-8,10-11H,9H2,1-2H3,(H,20,23)(H,18,19,21). The molecule has 0 unspecified atom stereocenters. The van der Waals surface area contributed by atoms with E-state index in [1.165, 1.54) is 6.33 Å². The summed E-state index contributed by atoms with van der Waals surface area (Å²) in [6, 6.07) is 7.81. The summed E-state index contributed by atoms with van der Waals surface area (Å²) in [4.78, 5) is 20.4. The second-order valence-electron chi connectivity index (χ2n) is 5.82. The maximum absolute atomic E-state index is 12.2. The minimum absolute atomic E-state index is 0.0678. The van der Waals surface area contributed by atoms with Crippen LogP contribution in [0, 0.1) is 0 Å². The minimum atomic E-state index is -0.593. The summed E-state index contributed by atoms with van der Waals surface area (Å²) in [5.41, 5.74) is 1.36. The molecule has 1 amide bonds. The molecule has 2 N–H and O–H groups in total. The third-order valence-corrected chi connectivity index (χ3v) is 3.56. The Kier molecular flexibility index (Phi) is 3.92. The Bertz CT molecular complexity index is 760. The Labute approximate surface area is 133 Å². The van der Waals surface area contributed by atoms with Gasteiger partial charge < -0.3 is 9.88 Å². The number of hydrogen-bond acceptors (Lipinski definition) is 4. The van der Waals surface area contributed by atoms with Gasteiger partial charge in [0.25, 0.3) is 0 Å². The zero-order valence-corrected chi connectivity index (χ0v) is 13.0. The summed E-state index contributed by atoms with van der Waals surface area (Å²) >= 11 is 0. The fourth-order valence-electron chi connectivity index (χ4n) is 2.34. The molecule has 1 aromatic carbocycles. The van der Waals surface area contributed by atoms with E-state index in [0.717, 1.165) is 11.3 Å². The van der Waals surface area contributed by atoms with Crippen LogP contribution in [0.3, 0.4) is 0 Å². The van der Waals surface area contributed by atoms with Crippen LogP contribution in [-0.4, -0.2) is 30.6 Å². The maximum atomic E-state index is 12.2. The number of amides is 1. The van der Waals surface area contributed by atoms with Gasteiger partial charge in [-0.25, -0.2) is 9.97 Å². The van der Waals surface area contributed by atoms with E-state index in [1.807, 2.05) is 48.9 Å². The molecule has 3 aromatic rings. The first kappa shape index (κ1) is 15.0. The van der Waals surface area contributed by atoms with Crippen molar-refractivity contribution in [2.75, 3.05) is 0 Å². The number of aromatic amines is 1. The van der Waals surface area contributed by atoms with Crippen LogP contribution >= 0.6 is 0 Å². The molecule has 3 rings (SSSR count). The van der Waals surface area contributed by atoms with E-state index in [2.05, 4.69) is 25.5 Å². The van der Waals surface area contributed by atoms with E-state index in [1.54, 1.807) is 12.5 Å². The van der Waals surface area contributed by atoms with Gasteiger partial charge in [-0.1, -0.05) is 12.1 Å². The van der Waals surface area contributed by atoms with Gasteiger partial charge in [-0.3, -0.25) is 9.89 Å². The second kappa shape index (κ2) is 6.04. The molecule has 0 fully saturated rings. The molecule has 0 atom stereocenters. The van der Waals surface area contributed by atoms with Crippen molar-refractivity contribution in [3.8, 4) is 5.69 Å². The lowest BCUT2D eigenvalue weighted by atomic mass is 10.0.